The Bertz CT molecular complexity index is 887. The molecule has 0 bridgehead atoms. The molecule has 2 heterocycles. The van der Waals surface area contributed by atoms with Crippen LogP contribution in [-0.4, -0.2) is 53.7 Å². The van der Waals surface area contributed by atoms with Gasteiger partial charge in [-0.1, -0.05) is 46.3 Å². The maximum atomic E-state index is 13.0. The number of nitrogens with one attached hydrogen (secondary N) is 1. The minimum Gasteiger partial charge on any atom is -0.614 e. The second-order valence-corrected chi connectivity index (χ2v) is 11.7. The highest BCUT2D eigenvalue weighted by molar-refractivity contribution is 9.11. The molecular formula is C20H22Br2N2O5S. The first-order chi connectivity index (χ1) is 14.0. The van der Waals surface area contributed by atoms with Gasteiger partial charge in [-0.2, -0.15) is 0 Å². The molecule has 2 aliphatic rings. The average molecular weight is 562 g/mol. The molecule has 2 amide bonds. The molecule has 0 aliphatic carbocycles. The van der Waals surface area contributed by atoms with Gasteiger partial charge in [-0.05, 0) is 53.4 Å². The molecule has 162 valence electrons. The molecule has 3 unspecified atom stereocenters. The standard InChI is InChI=1S/C20H22Br2N2O5S/c1-20(2,3)29-19(27)15-12(10-21)16(22)30(28)18-14(17(26)24(15)18)23-13(25)9-11-7-5-4-6-8-11/h4-8,14,16,18H,9-10H2,1-3H3,(H,23,25)/t14?,16?,18-,30?/m1/s1. The van der Waals surface area contributed by atoms with E-state index in [1.54, 1.807) is 20.8 Å². The molecule has 2 aliphatic heterocycles. The van der Waals surface area contributed by atoms with Crippen LogP contribution in [0.25, 0.3) is 0 Å². The van der Waals surface area contributed by atoms with Crippen molar-refractivity contribution in [1.29, 1.82) is 0 Å². The van der Waals surface area contributed by atoms with Gasteiger partial charge in [-0.15, -0.1) is 0 Å². The first-order valence-electron chi connectivity index (χ1n) is 9.27. The summed E-state index contributed by atoms with van der Waals surface area (Å²) in [5.41, 5.74) is 0.595. The molecule has 3 rings (SSSR count). The van der Waals surface area contributed by atoms with E-state index in [4.69, 9.17) is 4.74 Å². The normalized spacial score (nSPS) is 26.1. The molecule has 10 heteroatoms. The van der Waals surface area contributed by atoms with Gasteiger partial charge in [0.1, 0.15) is 11.3 Å². The number of nitrogens with zero attached hydrogens (tertiary/aromatic N) is 1. The van der Waals surface area contributed by atoms with Gasteiger partial charge < -0.3 is 14.6 Å². The van der Waals surface area contributed by atoms with Crippen molar-refractivity contribution >= 4 is 60.8 Å². The van der Waals surface area contributed by atoms with Gasteiger partial charge >= 0.3 is 5.97 Å². The monoisotopic (exact) mass is 560 g/mol. The summed E-state index contributed by atoms with van der Waals surface area (Å²) in [6.45, 7) is 5.19. The summed E-state index contributed by atoms with van der Waals surface area (Å²) in [5.74, 6) is -1.49. The average Bonchev–Trinajstić information content (AvgIpc) is 2.67. The van der Waals surface area contributed by atoms with Gasteiger partial charge in [-0.3, -0.25) is 14.5 Å². The van der Waals surface area contributed by atoms with Crippen molar-refractivity contribution in [2.75, 3.05) is 5.33 Å². The number of carbonyl (C=O) groups is 3. The first-order valence-corrected chi connectivity index (χ1v) is 12.6. The van der Waals surface area contributed by atoms with Gasteiger partial charge in [-0.25, -0.2) is 4.79 Å². The number of ether oxygens (including phenoxy) is 1. The van der Waals surface area contributed by atoms with Gasteiger partial charge in [0, 0.05) is 10.9 Å². The predicted molar refractivity (Wildman–Crippen MR) is 120 cm³/mol. The molecule has 0 saturated carbocycles. The Kier molecular flexibility index (Phi) is 7.01. The minimum atomic E-state index is -1.57. The fourth-order valence-electron chi connectivity index (χ4n) is 3.28. The fourth-order valence-corrected chi connectivity index (χ4v) is 7.15. The number of fused-ring (bicyclic) bond motifs is 1. The summed E-state index contributed by atoms with van der Waals surface area (Å²) in [7, 11) is 0. The lowest BCUT2D eigenvalue weighted by atomic mass is 10.0. The van der Waals surface area contributed by atoms with Crippen LogP contribution in [0.2, 0.25) is 0 Å². The topological polar surface area (TPSA) is 98.8 Å². The number of hydrogen-bond donors (Lipinski definition) is 1. The van der Waals surface area contributed by atoms with E-state index in [2.05, 4.69) is 37.2 Å². The molecule has 0 aromatic heterocycles. The zero-order chi connectivity index (χ0) is 22.2. The van der Waals surface area contributed by atoms with E-state index in [9.17, 15) is 18.9 Å². The van der Waals surface area contributed by atoms with Crippen molar-refractivity contribution in [2.45, 2.75) is 48.4 Å². The van der Waals surface area contributed by atoms with Crippen LogP contribution in [0.5, 0.6) is 0 Å². The third-order valence-electron chi connectivity index (χ3n) is 4.56. The van der Waals surface area contributed by atoms with Crippen LogP contribution in [0.3, 0.4) is 0 Å². The number of hydrogen-bond acceptors (Lipinski definition) is 5. The largest absolute Gasteiger partial charge is 0.614 e. The summed E-state index contributed by atoms with van der Waals surface area (Å²) in [6, 6.07) is 8.16. The molecule has 7 nitrogen and oxygen atoms in total. The fraction of sp³-hybridized carbons (Fsp3) is 0.450. The molecule has 1 aromatic carbocycles. The first kappa shape index (κ1) is 23.3. The Morgan fingerprint density at radius 3 is 2.47 bits per heavy atom. The van der Waals surface area contributed by atoms with Crippen molar-refractivity contribution in [3.8, 4) is 0 Å². The Labute approximate surface area is 195 Å². The number of esters is 1. The van der Waals surface area contributed by atoms with Crippen molar-refractivity contribution in [3.63, 3.8) is 0 Å². The number of benzene rings is 1. The lowest BCUT2D eigenvalue weighted by molar-refractivity contribution is -0.159. The number of rotatable bonds is 5. The quantitative estimate of drug-likeness (QED) is 0.257. The molecule has 0 spiro atoms. The van der Waals surface area contributed by atoms with E-state index < -0.39 is 44.2 Å². The van der Waals surface area contributed by atoms with E-state index in [0.717, 1.165) is 5.56 Å². The number of halogens is 2. The Morgan fingerprint density at radius 2 is 1.90 bits per heavy atom. The molecule has 1 saturated heterocycles. The lowest BCUT2D eigenvalue weighted by Gasteiger charge is -2.50. The van der Waals surface area contributed by atoms with Crippen LogP contribution in [0.1, 0.15) is 26.3 Å². The maximum absolute atomic E-state index is 13.0. The van der Waals surface area contributed by atoms with Crippen LogP contribution in [0, 0.1) is 0 Å². The highest BCUT2D eigenvalue weighted by atomic mass is 79.9. The number of alkyl halides is 2. The molecule has 1 aromatic rings. The van der Waals surface area contributed by atoms with E-state index in [1.165, 1.54) is 4.90 Å². The van der Waals surface area contributed by atoms with Gasteiger partial charge in [0.05, 0.1) is 6.42 Å². The van der Waals surface area contributed by atoms with E-state index in [1.807, 2.05) is 30.3 Å². The number of carbonyl (C=O) groups excluding carboxylic acids is 3. The van der Waals surface area contributed by atoms with Crippen LogP contribution in [0.4, 0.5) is 0 Å². The Balaban J connectivity index is 1.82. The molecule has 0 radical (unpaired) electrons. The third kappa shape index (κ3) is 4.61. The maximum Gasteiger partial charge on any atom is 0.355 e. The number of amides is 2. The van der Waals surface area contributed by atoms with Crippen LogP contribution >= 0.6 is 31.9 Å². The highest BCUT2D eigenvalue weighted by Gasteiger charge is 2.63. The Hall–Kier alpha value is -1.36. The second-order valence-electron chi connectivity index (χ2n) is 7.96. The van der Waals surface area contributed by atoms with Crippen molar-refractivity contribution in [2.24, 2.45) is 0 Å². The molecule has 1 N–H and O–H groups in total. The molecular weight excluding hydrogens is 540 g/mol. The van der Waals surface area contributed by atoms with Gasteiger partial charge in [0.25, 0.3) is 5.91 Å². The predicted octanol–water partition coefficient (Wildman–Crippen LogP) is 2.36. The van der Waals surface area contributed by atoms with Gasteiger partial charge in [0.15, 0.2) is 10.2 Å². The summed E-state index contributed by atoms with van der Waals surface area (Å²) in [4.78, 5) is 39.4. The summed E-state index contributed by atoms with van der Waals surface area (Å²) in [5, 5.41) is 2.07. The van der Waals surface area contributed by atoms with Crippen molar-refractivity contribution in [3.05, 3.63) is 47.2 Å². The zero-order valence-electron chi connectivity index (χ0n) is 16.7. The summed E-state index contributed by atoms with van der Waals surface area (Å²) >= 11 is 5.14. The minimum absolute atomic E-state index is 0.0758. The van der Waals surface area contributed by atoms with Crippen LogP contribution in [0.15, 0.2) is 41.6 Å². The smallest absolute Gasteiger partial charge is 0.355 e. The zero-order valence-corrected chi connectivity index (χ0v) is 20.7. The van der Waals surface area contributed by atoms with Crippen molar-refractivity contribution < 1.29 is 23.7 Å². The summed E-state index contributed by atoms with van der Waals surface area (Å²) < 4.78 is 17.8. The highest BCUT2D eigenvalue weighted by Crippen LogP contribution is 2.43. The third-order valence-corrected chi connectivity index (χ3v) is 8.48. The summed E-state index contributed by atoms with van der Waals surface area (Å²) in [6.07, 6.45) is 0.100. The van der Waals surface area contributed by atoms with Crippen LogP contribution in [-0.2, 0) is 36.7 Å². The van der Waals surface area contributed by atoms with E-state index in [0.29, 0.717) is 5.57 Å². The molecule has 4 atom stereocenters. The van der Waals surface area contributed by atoms with Gasteiger partial charge in [0.2, 0.25) is 11.3 Å². The van der Waals surface area contributed by atoms with E-state index >= 15 is 0 Å². The molecule has 30 heavy (non-hydrogen) atoms. The molecule has 1 fully saturated rings. The second kappa shape index (κ2) is 9.02. The number of β-lactam (4-membered cyclic amide) rings is 1. The SMILES string of the molecule is CC(C)(C)OC(=O)C1=C(CBr)C(Br)[S+]([O-])[C@@H]2C(NC(=O)Cc3ccccc3)C(=O)N12. The lowest BCUT2D eigenvalue weighted by Crippen LogP contribution is -2.75. The van der Waals surface area contributed by atoms with Crippen LogP contribution < -0.4 is 5.32 Å². The van der Waals surface area contributed by atoms with Crippen molar-refractivity contribution in [1.82, 2.24) is 10.2 Å². The Morgan fingerprint density at radius 1 is 1.27 bits per heavy atom. The van der Waals surface area contributed by atoms with E-state index in [-0.39, 0.29) is 23.4 Å².